The molecule has 1 nitrogen and oxygen atoms in total. The number of rotatable bonds is 11. The Kier molecular flexibility index (Phi) is 9.69. The Morgan fingerprint density at radius 2 is 1.62 bits per heavy atom. The van der Waals surface area contributed by atoms with Crippen LogP contribution in [-0.2, 0) is 12.8 Å². The van der Waals surface area contributed by atoms with Crippen molar-refractivity contribution in [2.45, 2.75) is 78.1 Å². The van der Waals surface area contributed by atoms with Crippen LogP contribution in [-0.4, -0.2) is 5.11 Å². The summed E-state index contributed by atoms with van der Waals surface area (Å²) in [6.45, 7) is 4.39. The van der Waals surface area contributed by atoms with Crippen LogP contribution in [0.4, 0.5) is 0 Å². The van der Waals surface area contributed by atoms with Gasteiger partial charge in [-0.15, -0.1) is 0 Å². The van der Waals surface area contributed by atoms with Gasteiger partial charge in [-0.2, -0.15) is 0 Å². The van der Waals surface area contributed by atoms with E-state index in [2.05, 4.69) is 38.1 Å². The second kappa shape index (κ2) is 11.4. The molecule has 0 spiro atoms. The number of hydrogen-bond donors (Lipinski definition) is 1. The predicted octanol–water partition coefficient (Wildman–Crippen LogP) is 6.19. The van der Waals surface area contributed by atoms with Crippen molar-refractivity contribution in [3.05, 3.63) is 41.5 Å². The van der Waals surface area contributed by atoms with E-state index in [0.29, 0.717) is 5.75 Å². The van der Waals surface area contributed by atoms with Gasteiger partial charge in [0.2, 0.25) is 0 Å². The highest BCUT2D eigenvalue weighted by Crippen LogP contribution is 2.21. The molecule has 1 heteroatoms. The molecule has 0 bridgehead atoms. The van der Waals surface area contributed by atoms with Crippen molar-refractivity contribution in [3.63, 3.8) is 0 Å². The second-order valence-corrected chi connectivity index (χ2v) is 5.92. The van der Waals surface area contributed by atoms with E-state index in [0.717, 1.165) is 24.8 Å². The van der Waals surface area contributed by atoms with Crippen LogP contribution in [0.25, 0.3) is 0 Å². The summed E-state index contributed by atoms with van der Waals surface area (Å²) in [7, 11) is 0. The molecule has 0 aliphatic carbocycles. The predicted molar refractivity (Wildman–Crippen MR) is 92.9 cm³/mol. The molecule has 0 radical (unpaired) electrons. The number of aryl methyl sites for hydroxylation is 1. The lowest BCUT2D eigenvalue weighted by molar-refractivity contribution is 0.469. The van der Waals surface area contributed by atoms with Gasteiger partial charge in [0.15, 0.2) is 0 Å². The van der Waals surface area contributed by atoms with Crippen LogP contribution in [0.5, 0.6) is 5.75 Å². The van der Waals surface area contributed by atoms with Gasteiger partial charge >= 0.3 is 0 Å². The molecule has 0 aromatic heterocycles. The first-order chi connectivity index (χ1) is 10.3. The van der Waals surface area contributed by atoms with E-state index in [1.807, 2.05) is 6.07 Å². The first-order valence-corrected chi connectivity index (χ1v) is 8.73. The fourth-order valence-electron chi connectivity index (χ4n) is 2.62. The SMILES string of the molecule is CCC=CCc1cc(CCCCCCCCC)ccc1O. The summed E-state index contributed by atoms with van der Waals surface area (Å²) in [5.41, 5.74) is 2.42. The van der Waals surface area contributed by atoms with Crippen LogP contribution in [0.3, 0.4) is 0 Å². The average molecular weight is 288 g/mol. The molecule has 1 rings (SSSR count). The topological polar surface area (TPSA) is 20.2 Å². The van der Waals surface area contributed by atoms with Gasteiger partial charge in [0.25, 0.3) is 0 Å². The first kappa shape index (κ1) is 17.8. The van der Waals surface area contributed by atoms with Gasteiger partial charge in [0.05, 0.1) is 0 Å². The maximum atomic E-state index is 9.89. The van der Waals surface area contributed by atoms with E-state index in [1.54, 1.807) is 0 Å². The number of aromatic hydroxyl groups is 1. The summed E-state index contributed by atoms with van der Waals surface area (Å²) in [6.07, 6.45) is 16.8. The number of phenols is 1. The van der Waals surface area contributed by atoms with Gasteiger partial charge in [0.1, 0.15) is 5.75 Å². The molecule has 0 heterocycles. The van der Waals surface area contributed by atoms with Gasteiger partial charge in [0, 0.05) is 0 Å². The van der Waals surface area contributed by atoms with Crippen LogP contribution < -0.4 is 0 Å². The highest BCUT2D eigenvalue weighted by Gasteiger charge is 2.01. The van der Waals surface area contributed by atoms with E-state index in [4.69, 9.17) is 0 Å². The lowest BCUT2D eigenvalue weighted by atomic mass is 10.0. The third-order valence-corrected chi connectivity index (χ3v) is 3.95. The minimum Gasteiger partial charge on any atom is -0.508 e. The Hall–Kier alpha value is -1.24. The Morgan fingerprint density at radius 3 is 2.33 bits per heavy atom. The summed E-state index contributed by atoms with van der Waals surface area (Å²) >= 11 is 0. The van der Waals surface area contributed by atoms with Crippen molar-refractivity contribution in [1.82, 2.24) is 0 Å². The van der Waals surface area contributed by atoms with Crippen molar-refractivity contribution < 1.29 is 5.11 Å². The lowest BCUT2D eigenvalue weighted by Gasteiger charge is -2.07. The summed E-state index contributed by atoms with van der Waals surface area (Å²) in [5, 5.41) is 9.89. The zero-order valence-electron chi connectivity index (χ0n) is 13.9. The van der Waals surface area contributed by atoms with Gasteiger partial charge in [-0.1, -0.05) is 76.7 Å². The molecule has 21 heavy (non-hydrogen) atoms. The van der Waals surface area contributed by atoms with Gasteiger partial charge in [-0.25, -0.2) is 0 Å². The molecule has 1 aromatic rings. The Labute approximate surface area is 131 Å². The van der Waals surface area contributed by atoms with E-state index >= 15 is 0 Å². The number of unbranched alkanes of at least 4 members (excludes halogenated alkanes) is 6. The fourth-order valence-corrected chi connectivity index (χ4v) is 2.62. The number of hydrogen-bond acceptors (Lipinski definition) is 1. The van der Waals surface area contributed by atoms with Crippen LogP contribution in [0.15, 0.2) is 30.4 Å². The zero-order valence-corrected chi connectivity index (χ0v) is 13.9. The monoisotopic (exact) mass is 288 g/mol. The average Bonchev–Trinajstić information content (AvgIpc) is 2.49. The quantitative estimate of drug-likeness (QED) is 0.380. The molecule has 0 fully saturated rings. The van der Waals surface area contributed by atoms with Crippen LogP contribution in [0.2, 0.25) is 0 Å². The number of phenolic OH excluding ortho intramolecular Hbond substituents is 1. The number of allylic oxidation sites excluding steroid dienone is 2. The molecule has 1 N–H and O–H groups in total. The first-order valence-electron chi connectivity index (χ1n) is 8.73. The standard InChI is InChI=1S/C20H32O/c1-3-5-7-8-9-10-12-13-18-15-16-20(21)19(17-18)14-11-6-4-2/h6,11,15-17,21H,3-5,7-10,12-14H2,1-2H3. The van der Waals surface area contributed by atoms with Crippen molar-refractivity contribution in [2.24, 2.45) is 0 Å². The van der Waals surface area contributed by atoms with Crippen LogP contribution in [0, 0.1) is 0 Å². The third kappa shape index (κ3) is 7.94. The normalized spacial score (nSPS) is 11.3. The summed E-state index contributed by atoms with van der Waals surface area (Å²) in [4.78, 5) is 0. The Morgan fingerprint density at radius 1 is 0.905 bits per heavy atom. The molecule has 1 aromatic carbocycles. The van der Waals surface area contributed by atoms with E-state index in [-0.39, 0.29) is 0 Å². The summed E-state index contributed by atoms with van der Waals surface area (Å²) in [5.74, 6) is 0.430. The van der Waals surface area contributed by atoms with E-state index in [9.17, 15) is 5.11 Å². The smallest absolute Gasteiger partial charge is 0.119 e. The van der Waals surface area contributed by atoms with Gasteiger partial charge < -0.3 is 5.11 Å². The minimum absolute atomic E-state index is 0.430. The lowest BCUT2D eigenvalue weighted by Crippen LogP contribution is -1.90. The molecule has 0 saturated carbocycles. The van der Waals surface area contributed by atoms with Gasteiger partial charge in [-0.3, -0.25) is 0 Å². The van der Waals surface area contributed by atoms with Crippen molar-refractivity contribution in [1.29, 1.82) is 0 Å². The highest BCUT2D eigenvalue weighted by atomic mass is 16.3. The van der Waals surface area contributed by atoms with Gasteiger partial charge in [-0.05, 0) is 42.9 Å². The zero-order chi connectivity index (χ0) is 15.3. The maximum absolute atomic E-state index is 9.89. The molecule has 0 atom stereocenters. The largest absolute Gasteiger partial charge is 0.508 e. The molecule has 0 amide bonds. The van der Waals surface area contributed by atoms with Crippen LogP contribution >= 0.6 is 0 Å². The van der Waals surface area contributed by atoms with Crippen molar-refractivity contribution in [2.75, 3.05) is 0 Å². The van der Waals surface area contributed by atoms with E-state index < -0.39 is 0 Å². The fraction of sp³-hybridized carbons (Fsp3) is 0.600. The summed E-state index contributed by atoms with van der Waals surface area (Å²) < 4.78 is 0. The maximum Gasteiger partial charge on any atom is 0.119 e. The molecular formula is C20H32O. The second-order valence-electron chi connectivity index (χ2n) is 5.92. The summed E-state index contributed by atoms with van der Waals surface area (Å²) in [6, 6.07) is 6.09. The molecular weight excluding hydrogens is 256 g/mol. The highest BCUT2D eigenvalue weighted by molar-refractivity contribution is 5.37. The molecule has 0 unspecified atom stereocenters. The molecule has 0 aliphatic heterocycles. The molecule has 0 aliphatic rings. The third-order valence-electron chi connectivity index (χ3n) is 3.95. The molecule has 0 saturated heterocycles. The van der Waals surface area contributed by atoms with E-state index in [1.165, 1.54) is 50.5 Å². The minimum atomic E-state index is 0.430. The van der Waals surface area contributed by atoms with Crippen molar-refractivity contribution >= 4 is 0 Å². The number of benzene rings is 1. The molecule has 118 valence electrons. The van der Waals surface area contributed by atoms with Crippen molar-refractivity contribution in [3.8, 4) is 5.75 Å². The van der Waals surface area contributed by atoms with Crippen LogP contribution in [0.1, 0.15) is 76.3 Å². The Balaban J connectivity index is 2.31. The Bertz CT molecular complexity index is 406.